The fraction of sp³-hybridized carbons (Fsp3) is 0. The standard InChI is InChI=1S/C11H6BrN3/c12-9-3-1-2-8(4-9)11-5-10(6-13)14-7-15-11/h1-5,7H. The molecule has 0 spiro atoms. The van der Waals surface area contributed by atoms with Gasteiger partial charge in [0.15, 0.2) is 0 Å². The van der Waals surface area contributed by atoms with Crippen LogP contribution < -0.4 is 0 Å². The van der Waals surface area contributed by atoms with E-state index in [0.717, 1.165) is 15.7 Å². The van der Waals surface area contributed by atoms with Crippen LogP contribution in [0.2, 0.25) is 0 Å². The summed E-state index contributed by atoms with van der Waals surface area (Å²) in [6, 6.07) is 11.4. The minimum Gasteiger partial charge on any atom is -0.236 e. The predicted octanol–water partition coefficient (Wildman–Crippen LogP) is 2.78. The Hall–Kier alpha value is -1.73. The van der Waals surface area contributed by atoms with Gasteiger partial charge >= 0.3 is 0 Å². The third-order valence-electron chi connectivity index (χ3n) is 1.90. The van der Waals surface area contributed by atoms with Crippen molar-refractivity contribution in [1.82, 2.24) is 9.97 Å². The third kappa shape index (κ3) is 2.20. The maximum Gasteiger partial charge on any atom is 0.144 e. The molecule has 0 N–H and O–H groups in total. The Labute approximate surface area is 95.6 Å². The Morgan fingerprint density at radius 3 is 2.80 bits per heavy atom. The van der Waals surface area contributed by atoms with E-state index in [2.05, 4.69) is 25.9 Å². The molecule has 0 aliphatic carbocycles. The smallest absolute Gasteiger partial charge is 0.144 e. The van der Waals surface area contributed by atoms with Gasteiger partial charge in [-0.05, 0) is 12.1 Å². The summed E-state index contributed by atoms with van der Waals surface area (Å²) in [6.45, 7) is 0. The first-order valence-corrected chi connectivity index (χ1v) is 5.07. The normalized spacial score (nSPS) is 9.60. The van der Waals surface area contributed by atoms with Crippen LogP contribution in [0.15, 0.2) is 41.1 Å². The van der Waals surface area contributed by atoms with Crippen LogP contribution in [0.1, 0.15) is 5.69 Å². The summed E-state index contributed by atoms with van der Waals surface area (Å²) in [5.41, 5.74) is 2.09. The van der Waals surface area contributed by atoms with Crippen molar-refractivity contribution in [2.75, 3.05) is 0 Å². The minimum atomic E-state index is 0.375. The van der Waals surface area contributed by atoms with Crippen LogP contribution in [0.5, 0.6) is 0 Å². The van der Waals surface area contributed by atoms with Crippen LogP contribution in [0.3, 0.4) is 0 Å². The zero-order valence-corrected chi connectivity index (χ0v) is 9.27. The number of benzene rings is 1. The topological polar surface area (TPSA) is 49.6 Å². The summed E-state index contributed by atoms with van der Waals surface area (Å²) in [6.07, 6.45) is 1.40. The van der Waals surface area contributed by atoms with Crippen LogP contribution in [0.25, 0.3) is 11.3 Å². The molecule has 3 nitrogen and oxygen atoms in total. The van der Waals surface area contributed by atoms with Crippen molar-refractivity contribution in [1.29, 1.82) is 5.26 Å². The molecule has 0 fully saturated rings. The van der Waals surface area contributed by atoms with Crippen LogP contribution in [0, 0.1) is 11.3 Å². The first-order valence-electron chi connectivity index (χ1n) is 4.27. The van der Waals surface area contributed by atoms with Crippen LogP contribution in [0.4, 0.5) is 0 Å². The Balaban J connectivity index is 2.50. The summed E-state index contributed by atoms with van der Waals surface area (Å²) in [5, 5.41) is 8.71. The number of nitrogens with zero attached hydrogens (tertiary/aromatic N) is 3. The highest BCUT2D eigenvalue weighted by Crippen LogP contribution is 2.20. The molecule has 2 rings (SSSR count). The Kier molecular flexibility index (Phi) is 2.75. The molecule has 15 heavy (non-hydrogen) atoms. The molecule has 0 saturated heterocycles. The lowest BCUT2D eigenvalue weighted by atomic mass is 10.1. The van der Waals surface area contributed by atoms with E-state index in [4.69, 9.17) is 5.26 Å². The molecule has 0 aliphatic heterocycles. The Bertz CT molecular complexity index is 531. The van der Waals surface area contributed by atoms with Gasteiger partial charge in [-0.25, -0.2) is 9.97 Å². The van der Waals surface area contributed by atoms with Gasteiger partial charge in [-0.1, -0.05) is 28.1 Å². The lowest BCUT2D eigenvalue weighted by Gasteiger charge is -2.00. The fourth-order valence-corrected chi connectivity index (χ4v) is 1.62. The predicted molar refractivity (Wildman–Crippen MR) is 59.9 cm³/mol. The number of nitriles is 1. The summed E-state index contributed by atoms with van der Waals surface area (Å²) in [4.78, 5) is 7.94. The molecule has 1 aromatic heterocycles. The van der Waals surface area contributed by atoms with Crippen molar-refractivity contribution in [2.24, 2.45) is 0 Å². The largest absolute Gasteiger partial charge is 0.236 e. The van der Waals surface area contributed by atoms with Gasteiger partial charge in [-0.2, -0.15) is 5.26 Å². The van der Waals surface area contributed by atoms with Gasteiger partial charge in [-0.3, -0.25) is 0 Å². The summed E-state index contributed by atoms with van der Waals surface area (Å²) < 4.78 is 0.983. The van der Waals surface area contributed by atoms with E-state index in [-0.39, 0.29) is 0 Å². The average Bonchev–Trinajstić information content (AvgIpc) is 2.29. The zero-order valence-electron chi connectivity index (χ0n) is 7.68. The lowest BCUT2D eigenvalue weighted by molar-refractivity contribution is 1.14. The first-order chi connectivity index (χ1) is 7.29. The molecular formula is C11H6BrN3. The molecule has 4 heteroatoms. The second-order valence-electron chi connectivity index (χ2n) is 2.91. The molecule has 0 saturated carbocycles. The highest BCUT2D eigenvalue weighted by atomic mass is 79.9. The summed E-state index contributed by atoms with van der Waals surface area (Å²) in [7, 11) is 0. The van der Waals surface area contributed by atoms with Gasteiger partial charge in [0.05, 0.1) is 5.69 Å². The van der Waals surface area contributed by atoms with E-state index in [1.54, 1.807) is 6.07 Å². The quantitative estimate of drug-likeness (QED) is 0.792. The molecule has 0 radical (unpaired) electrons. The molecule has 0 amide bonds. The lowest BCUT2D eigenvalue weighted by Crippen LogP contribution is -1.88. The van der Waals surface area contributed by atoms with E-state index in [1.165, 1.54) is 6.33 Å². The number of rotatable bonds is 1. The number of hydrogen-bond acceptors (Lipinski definition) is 3. The van der Waals surface area contributed by atoms with E-state index < -0.39 is 0 Å². The maximum atomic E-state index is 8.71. The van der Waals surface area contributed by atoms with Gasteiger partial charge in [-0.15, -0.1) is 0 Å². The Morgan fingerprint density at radius 1 is 1.20 bits per heavy atom. The van der Waals surface area contributed by atoms with Crippen molar-refractivity contribution in [3.8, 4) is 17.3 Å². The SMILES string of the molecule is N#Cc1cc(-c2cccc(Br)c2)ncn1. The molecule has 2 aromatic rings. The van der Waals surface area contributed by atoms with Gasteiger partial charge in [0.25, 0.3) is 0 Å². The fourth-order valence-electron chi connectivity index (χ4n) is 1.22. The number of hydrogen-bond donors (Lipinski definition) is 0. The number of halogens is 1. The first kappa shape index (κ1) is 9.81. The third-order valence-corrected chi connectivity index (χ3v) is 2.40. The van der Waals surface area contributed by atoms with Crippen LogP contribution in [-0.2, 0) is 0 Å². The molecule has 0 aliphatic rings. The zero-order chi connectivity index (χ0) is 10.7. The van der Waals surface area contributed by atoms with Gasteiger partial charge < -0.3 is 0 Å². The van der Waals surface area contributed by atoms with Crippen LogP contribution >= 0.6 is 15.9 Å². The molecule has 1 heterocycles. The van der Waals surface area contributed by atoms with Crippen molar-refractivity contribution >= 4 is 15.9 Å². The van der Waals surface area contributed by atoms with E-state index in [9.17, 15) is 0 Å². The summed E-state index contributed by atoms with van der Waals surface area (Å²) in [5.74, 6) is 0. The molecule has 72 valence electrons. The molecule has 1 aromatic carbocycles. The van der Waals surface area contributed by atoms with Crippen molar-refractivity contribution in [3.63, 3.8) is 0 Å². The van der Waals surface area contributed by atoms with E-state index >= 15 is 0 Å². The maximum absolute atomic E-state index is 8.71. The molecule has 0 bridgehead atoms. The second kappa shape index (κ2) is 4.20. The van der Waals surface area contributed by atoms with Crippen LogP contribution in [-0.4, -0.2) is 9.97 Å². The monoisotopic (exact) mass is 259 g/mol. The average molecular weight is 260 g/mol. The Morgan fingerprint density at radius 2 is 2.07 bits per heavy atom. The van der Waals surface area contributed by atoms with Crippen molar-refractivity contribution in [3.05, 3.63) is 46.8 Å². The highest BCUT2D eigenvalue weighted by Gasteiger charge is 2.01. The summed E-state index contributed by atoms with van der Waals surface area (Å²) >= 11 is 3.39. The van der Waals surface area contributed by atoms with Crippen molar-refractivity contribution in [2.45, 2.75) is 0 Å². The number of aromatic nitrogens is 2. The highest BCUT2D eigenvalue weighted by molar-refractivity contribution is 9.10. The van der Waals surface area contributed by atoms with Gasteiger partial charge in [0.1, 0.15) is 18.1 Å². The van der Waals surface area contributed by atoms with Gasteiger partial charge in [0, 0.05) is 16.1 Å². The van der Waals surface area contributed by atoms with E-state index in [1.807, 2.05) is 30.3 Å². The second-order valence-corrected chi connectivity index (χ2v) is 3.83. The van der Waals surface area contributed by atoms with Gasteiger partial charge in [0.2, 0.25) is 0 Å². The van der Waals surface area contributed by atoms with Crippen molar-refractivity contribution < 1.29 is 0 Å². The van der Waals surface area contributed by atoms with E-state index in [0.29, 0.717) is 5.69 Å². The molecular weight excluding hydrogens is 254 g/mol. The minimum absolute atomic E-state index is 0.375. The molecule has 0 atom stereocenters. The molecule has 0 unspecified atom stereocenters.